The first-order valence-electron chi connectivity index (χ1n) is 24.9. The predicted octanol–water partition coefficient (Wildman–Crippen LogP) is 17.3. The molecule has 0 amide bonds. The lowest BCUT2D eigenvalue weighted by molar-refractivity contribution is 0.620. The molecule has 0 bridgehead atoms. The summed E-state index contributed by atoms with van der Waals surface area (Å²) >= 11 is 0. The van der Waals surface area contributed by atoms with Gasteiger partial charge in [-0.2, -0.15) is 0 Å². The van der Waals surface area contributed by atoms with Gasteiger partial charge in [0.1, 0.15) is 5.52 Å². The van der Waals surface area contributed by atoms with Gasteiger partial charge in [-0.15, -0.1) is 0 Å². The van der Waals surface area contributed by atoms with Gasteiger partial charge in [-0.05, 0) is 144 Å². The van der Waals surface area contributed by atoms with Crippen molar-refractivity contribution in [2.24, 2.45) is 0 Å². The molecule has 0 fully saturated rings. The Morgan fingerprint density at radius 2 is 0.667 bits per heavy atom. The van der Waals surface area contributed by atoms with Crippen LogP contribution in [0.1, 0.15) is 44.5 Å². The van der Waals surface area contributed by atoms with E-state index in [-0.39, 0.29) is 0 Å². The second-order valence-electron chi connectivity index (χ2n) is 19.3. The van der Waals surface area contributed by atoms with E-state index in [0.717, 1.165) is 39.3 Å². The lowest BCUT2D eigenvalue weighted by Gasteiger charge is -2.35. The minimum Gasteiger partial charge on any atom is -0.436 e. The molecule has 0 N–H and O–H groups in total. The lowest BCUT2D eigenvalue weighted by atomic mass is 9.67. The molecule has 3 nitrogen and oxygen atoms in total. The fourth-order valence-electron chi connectivity index (χ4n) is 12.9. The van der Waals surface area contributed by atoms with Crippen LogP contribution in [0.2, 0.25) is 0 Å². The van der Waals surface area contributed by atoms with Crippen LogP contribution in [0.25, 0.3) is 67.1 Å². The zero-order valence-electron chi connectivity index (χ0n) is 39.2. The van der Waals surface area contributed by atoms with Crippen LogP contribution in [0.3, 0.4) is 0 Å². The second kappa shape index (κ2) is 15.6. The number of benzene rings is 11. The van der Waals surface area contributed by atoms with E-state index < -0.39 is 10.8 Å². The standard InChI is InChI=1S/C69H44N2O/c1-4-18-45(19-5-1)46-32-34-47(35-33-46)67-70-65-44-52(38-41-66(65)72-67)71(50-36-39-57-55-26-10-14-28-59(55)68(63(57)42-50,48-20-6-2-7-21-48)49-22-8-3-9-23-49)51-37-40-58-56-27-13-17-31-62(56)69(64(58)43-51)60-29-15-11-24-53(60)54-25-12-16-30-61(54)69/h1-44H. The summed E-state index contributed by atoms with van der Waals surface area (Å²) in [6, 6.07) is 97.9. The van der Waals surface area contributed by atoms with Crippen molar-refractivity contribution in [3.05, 3.63) is 311 Å². The molecule has 0 aliphatic heterocycles. The SMILES string of the molecule is c1ccc(-c2ccc(-c3nc4cc(N(c5ccc6c(c5)C(c5ccccc5)(c5ccccc5)c5ccccc5-6)c5ccc6c(c5)C5(c7ccccc7-c7ccccc75)c5ccccc5-6)ccc4o3)cc2)cc1. The van der Waals surface area contributed by atoms with E-state index >= 15 is 0 Å². The van der Waals surface area contributed by atoms with Crippen LogP contribution in [0, 0.1) is 0 Å². The van der Waals surface area contributed by atoms with E-state index in [1.54, 1.807) is 0 Å². The summed E-state index contributed by atoms with van der Waals surface area (Å²) in [7, 11) is 0. The van der Waals surface area contributed by atoms with E-state index in [9.17, 15) is 0 Å². The first kappa shape index (κ1) is 40.6. The summed E-state index contributed by atoms with van der Waals surface area (Å²) in [5.41, 5.74) is 24.6. The first-order valence-corrected chi connectivity index (χ1v) is 24.9. The number of anilines is 3. The molecular formula is C69H44N2O. The molecule has 0 atom stereocenters. The van der Waals surface area contributed by atoms with Crippen molar-refractivity contribution in [1.29, 1.82) is 0 Å². The zero-order valence-corrected chi connectivity index (χ0v) is 39.2. The highest BCUT2D eigenvalue weighted by Crippen LogP contribution is 2.64. The van der Waals surface area contributed by atoms with Crippen LogP contribution in [-0.4, -0.2) is 4.98 Å². The van der Waals surface area contributed by atoms with E-state index in [1.165, 1.54) is 83.5 Å². The average Bonchev–Trinajstić information content (AvgIpc) is 4.19. The zero-order chi connectivity index (χ0) is 47.4. The molecule has 12 aromatic rings. The van der Waals surface area contributed by atoms with Gasteiger partial charge in [-0.1, -0.05) is 212 Å². The number of hydrogen-bond donors (Lipinski definition) is 0. The monoisotopic (exact) mass is 916 g/mol. The third kappa shape index (κ3) is 5.65. The molecule has 3 aliphatic rings. The fraction of sp³-hybridized carbons (Fsp3) is 0.0290. The fourth-order valence-corrected chi connectivity index (χ4v) is 12.9. The number of nitrogens with zero attached hydrogens (tertiary/aromatic N) is 2. The van der Waals surface area contributed by atoms with Crippen LogP contribution in [0.4, 0.5) is 17.1 Å². The van der Waals surface area contributed by atoms with E-state index in [1.807, 2.05) is 6.07 Å². The quantitative estimate of drug-likeness (QED) is 0.160. The summed E-state index contributed by atoms with van der Waals surface area (Å²) in [5.74, 6) is 0.593. The van der Waals surface area contributed by atoms with Crippen LogP contribution in [0.5, 0.6) is 0 Å². The van der Waals surface area contributed by atoms with Crippen LogP contribution < -0.4 is 4.90 Å². The summed E-state index contributed by atoms with van der Waals surface area (Å²) in [4.78, 5) is 7.64. The predicted molar refractivity (Wildman–Crippen MR) is 293 cm³/mol. The van der Waals surface area contributed by atoms with Crippen molar-refractivity contribution >= 4 is 28.2 Å². The molecule has 11 aromatic carbocycles. The molecule has 1 aromatic heterocycles. The van der Waals surface area contributed by atoms with Crippen LogP contribution >= 0.6 is 0 Å². The Hall–Kier alpha value is -9.31. The highest BCUT2D eigenvalue weighted by molar-refractivity contribution is 5.97. The molecule has 72 heavy (non-hydrogen) atoms. The molecule has 0 unspecified atom stereocenters. The van der Waals surface area contributed by atoms with Gasteiger partial charge < -0.3 is 9.32 Å². The highest BCUT2D eigenvalue weighted by atomic mass is 16.3. The Labute approximate surface area is 418 Å². The van der Waals surface area contributed by atoms with E-state index in [4.69, 9.17) is 9.40 Å². The van der Waals surface area contributed by atoms with Crippen molar-refractivity contribution in [1.82, 2.24) is 4.98 Å². The van der Waals surface area contributed by atoms with Crippen molar-refractivity contribution in [2.45, 2.75) is 10.8 Å². The summed E-state index contributed by atoms with van der Waals surface area (Å²) < 4.78 is 6.56. The Morgan fingerprint density at radius 1 is 0.292 bits per heavy atom. The maximum Gasteiger partial charge on any atom is 0.227 e. The third-order valence-electron chi connectivity index (χ3n) is 15.8. The molecule has 0 radical (unpaired) electrons. The molecule has 15 rings (SSSR count). The maximum absolute atomic E-state index is 6.56. The van der Waals surface area contributed by atoms with Gasteiger partial charge in [-0.3, -0.25) is 0 Å². The first-order chi connectivity index (χ1) is 35.7. The molecule has 3 heteroatoms. The van der Waals surface area contributed by atoms with Crippen molar-refractivity contribution in [3.8, 4) is 56.0 Å². The molecule has 1 spiro atoms. The lowest BCUT2D eigenvalue weighted by Crippen LogP contribution is -2.28. The molecule has 3 aliphatic carbocycles. The number of rotatable bonds is 7. The normalized spacial score (nSPS) is 13.8. The van der Waals surface area contributed by atoms with Gasteiger partial charge in [0, 0.05) is 22.6 Å². The molecular weight excluding hydrogens is 873 g/mol. The minimum absolute atomic E-state index is 0.503. The maximum atomic E-state index is 6.56. The Morgan fingerprint density at radius 3 is 1.18 bits per heavy atom. The number of fused-ring (bicyclic) bond motifs is 14. The summed E-state index contributed by atoms with van der Waals surface area (Å²) in [5, 5.41) is 0. The third-order valence-corrected chi connectivity index (χ3v) is 15.8. The van der Waals surface area contributed by atoms with Crippen LogP contribution in [0.15, 0.2) is 271 Å². The Balaban J connectivity index is 0.964. The van der Waals surface area contributed by atoms with Crippen molar-refractivity contribution in [3.63, 3.8) is 0 Å². The average molecular weight is 917 g/mol. The van der Waals surface area contributed by atoms with Gasteiger partial charge in [0.15, 0.2) is 5.58 Å². The number of hydrogen-bond acceptors (Lipinski definition) is 3. The molecule has 0 saturated carbocycles. The van der Waals surface area contributed by atoms with Crippen molar-refractivity contribution < 1.29 is 4.42 Å². The molecule has 1 heterocycles. The van der Waals surface area contributed by atoms with Gasteiger partial charge in [-0.25, -0.2) is 4.98 Å². The summed E-state index contributed by atoms with van der Waals surface area (Å²) in [6.45, 7) is 0. The Kier molecular flexibility index (Phi) is 8.79. The van der Waals surface area contributed by atoms with Gasteiger partial charge >= 0.3 is 0 Å². The van der Waals surface area contributed by atoms with Crippen molar-refractivity contribution in [2.75, 3.05) is 4.90 Å². The molecule has 0 saturated heterocycles. The van der Waals surface area contributed by atoms with Gasteiger partial charge in [0.05, 0.1) is 10.8 Å². The largest absolute Gasteiger partial charge is 0.436 e. The highest BCUT2D eigenvalue weighted by Gasteiger charge is 2.52. The van der Waals surface area contributed by atoms with Gasteiger partial charge in [0.25, 0.3) is 0 Å². The number of aromatic nitrogens is 1. The number of oxazole rings is 1. The Bertz CT molecular complexity index is 3890. The second-order valence-corrected chi connectivity index (χ2v) is 19.3. The van der Waals surface area contributed by atoms with E-state index in [0.29, 0.717) is 5.89 Å². The topological polar surface area (TPSA) is 29.3 Å². The summed E-state index contributed by atoms with van der Waals surface area (Å²) in [6.07, 6.45) is 0. The minimum atomic E-state index is -0.571. The molecule has 336 valence electrons. The van der Waals surface area contributed by atoms with E-state index in [2.05, 4.69) is 266 Å². The smallest absolute Gasteiger partial charge is 0.227 e. The van der Waals surface area contributed by atoms with Gasteiger partial charge in [0.2, 0.25) is 5.89 Å². The van der Waals surface area contributed by atoms with Crippen LogP contribution in [-0.2, 0) is 10.8 Å².